The normalized spacial score (nSPS) is 10.1. The molecule has 0 saturated heterocycles. The third-order valence-corrected chi connectivity index (χ3v) is 2.71. The van der Waals surface area contributed by atoms with Gasteiger partial charge in [0, 0.05) is 12.1 Å². The third-order valence-electron chi connectivity index (χ3n) is 2.71. The number of carbonyl (C=O) groups is 2. The molecule has 1 rings (SSSR count). The molecule has 4 heteroatoms. The fraction of sp³-hybridized carbons (Fsp3) is 0.385. The summed E-state index contributed by atoms with van der Waals surface area (Å²) >= 11 is 0. The summed E-state index contributed by atoms with van der Waals surface area (Å²) < 4.78 is 0. The van der Waals surface area contributed by atoms with Crippen LogP contribution >= 0.6 is 0 Å². The topological polar surface area (TPSA) is 66.4 Å². The molecule has 0 aromatic heterocycles. The lowest BCUT2D eigenvalue weighted by molar-refractivity contribution is -0.136. The van der Waals surface area contributed by atoms with E-state index in [1.807, 2.05) is 32.9 Å². The molecule has 0 aliphatic carbocycles. The van der Waals surface area contributed by atoms with Gasteiger partial charge < -0.3 is 10.4 Å². The summed E-state index contributed by atoms with van der Waals surface area (Å²) in [5.41, 5.74) is 3.71. The molecule has 1 aromatic rings. The van der Waals surface area contributed by atoms with Gasteiger partial charge >= 0.3 is 5.97 Å². The van der Waals surface area contributed by atoms with E-state index in [1.54, 1.807) is 0 Å². The molecule has 0 radical (unpaired) electrons. The van der Waals surface area contributed by atoms with Crippen LogP contribution in [0.4, 0.5) is 0 Å². The zero-order valence-electron chi connectivity index (χ0n) is 10.3. The zero-order chi connectivity index (χ0) is 13.0. The zero-order valence-corrected chi connectivity index (χ0v) is 10.3. The minimum absolute atomic E-state index is 0.0599. The van der Waals surface area contributed by atoms with E-state index in [1.165, 1.54) is 0 Å². The van der Waals surface area contributed by atoms with Crippen LogP contribution in [-0.4, -0.2) is 23.5 Å². The van der Waals surface area contributed by atoms with E-state index < -0.39 is 5.97 Å². The molecule has 92 valence electrons. The summed E-state index contributed by atoms with van der Waals surface area (Å²) in [5.74, 6) is -1.13. The highest BCUT2D eigenvalue weighted by Gasteiger charge is 2.10. The van der Waals surface area contributed by atoms with Gasteiger partial charge in [0.2, 0.25) is 0 Å². The number of hydrogen-bond donors (Lipinski definition) is 2. The van der Waals surface area contributed by atoms with Crippen molar-refractivity contribution in [2.75, 3.05) is 6.54 Å². The minimum atomic E-state index is -0.915. The smallest absolute Gasteiger partial charge is 0.305 e. The first-order chi connectivity index (χ1) is 7.91. The van der Waals surface area contributed by atoms with Crippen LogP contribution in [0.15, 0.2) is 12.1 Å². The largest absolute Gasteiger partial charge is 0.481 e. The lowest BCUT2D eigenvalue weighted by Gasteiger charge is -2.09. The summed E-state index contributed by atoms with van der Waals surface area (Å²) in [6.45, 7) is 5.97. The highest BCUT2D eigenvalue weighted by atomic mass is 16.4. The van der Waals surface area contributed by atoms with Gasteiger partial charge in [0.25, 0.3) is 5.91 Å². The number of rotatable bonds is 4. The van der Waals surface area contributed by atoms with E-state index in [0.29, 0.717) is 5.56 Å². The number of aliphatic carboxylic acids is 1. The van der Waals surface area contributed by atoms with Crippen molar-refractivity contribution < 1.29 is 14.7 Å². The SMILES string of the molecule is Cc1cc(C)c(C(=O)NCCC(=O)O)cc1C. The lowest BCUT2D eigenvalue weighted by atomic mass is 10.0. The van der Waals surface area contributed by atoms with Gasteiger partial charge in [0.15, 0.2) is 0 Å². The van der Waals surface area contributed by atoms with Crippen LogP contribution in [0.2, 0.25) is 0 Å². The second-order valence-corrected chi connectivity index (χ2v) is 4.15. The first-order valence-corrected chi connectivity index (χ1v) is 5.49. The fourth-order valence-electron chi connectivity index (χ4n) is 1.58. The van der Waals surface area contributed by atoms with Crippen molar-refractivity contribution in [1.29, 1.82) is 0 Å². The van der Waals surface area contributed by atoms with E-state index in [-0.39, 0.29) is 18.9 Å². The maximum atomic E-state index is 11.8. The lowest BCUT2D eigenvalue weighted by Crippen LogP contribution is -2.26. The summed E-state index contributed by atoms with van der Waals surface area (Å²) in [6, 6.07) is 3.79. The molecule has 0 spiro atoms. The average Bonchev–Trinajstić information content (AvgIpc) is 2.22. The molecule has 0 saturated carbocycles. The average molecular weight is 235 g/mol. The number of benzene rings is 1. The number of carboxylic acid groups (broad SMARTS) is 1. The molecule has 1 aromatic carbocycles. The maximum Gasteiger partial charge on any atom is 0.305 e. The van der Waals surface area contributed by atoms with Crippen molar-refractivity contribution in [2.45, 2.75) is 27.2 Å². The maximum absolute atomic E-state index is 11.8. The summed E-state index contributed by atoms with van der Waals surface area (Å²) in [7, 11) is 0. The molecule has 2 N–H and O–H groups in total. The fourth-order valence-corrected chi connectivity index (χ4v) is 1.58. The van der Waals surface area contributed by atoms with Crippen molar-refractivity contribution in [3.05, 3.63) is 34.4 Å². The second-order valence-electron chi connectivity index (χ2n) is 4.15. The van der Waals surface area contributed by atoms with Crippen LogP contribution in [0.25, 0.3) is 0 Å². The van der Waals surface area contributed by atoms with Crippen LogP contribution in [0, 0.1) is 20.8 Å². The van der Waals surface area contributed by atoms with Gasteiger partial charge in [-0.05, 0) is 43.5 Å². The Bertz CT molecular complexity index is 452. The first-order valence-electron chi connectivity index (χ1n) is 5.49. The molecular formula is C13H17NO3. The van der Waals surface area contributed by atoms with E-state index in [2.05, 4.69) is 5.32 Å². The van der Waals surface area contributed by atoms with Crippen molar-refractivity contribution in [1.82, 2.24) is 5.32 Å². The van der Waals surface area contributed by atoms with Crippen LogP contribution in [0.5, 0.6) is 0 Å². The Morgan fingerprint density at radius 1 is 1.12 bits per heavy atom. The van der Waals surface area contributed by atoms with Crippen LogP contribution in [0.3, 0.4) is 0 Å². The van der Waals surface area contributed by atoms with Crippen LogP contribution < -0.4 is 5.32 Å². The number of hydrogen-bond acceptors (Lipinski definition) is 2. The molecule has 0 fully saturated rings. The molecule has 0 unspecified atom stereocenters. The number of nitrogens with one attached hydrogen (secondary N) is 1. The van der Waals surface area contributed by atoms with Gasteiger partial charge in [-0.15, -0.1) is 0 Å². The van der Waals surface area contributed by atoms with Gasteiger partial charge in [-0.3, -0.25) is 9.59 Å². The quantitative estimate of drug-likeness (QED) is 0.836. The van der Waals surface area contributed by atoms with Crippen molar-refractivity contribution in [3.63, 3.8) is 0 Å². The summed E-state index contributed by atoms with van der Waals surface area (Å²) in [4.78, 5) is 22.1. The van der Waals surface area contributed by atoms with Crippen molar-refractivity contribution >= 4 is 11.9 Å². The number of amides is 1. The Morgan fingerprint density at radius 2 is 1.71 bits per heavy atom. The predicted molar refractivity (Wildman–Crippen MR) is 65.2 cm³/mol. The van der Waals surface area contributed by atoms with Gasteiger partial charge in [-0.25, -0.2) is 0 Å². The number of carbonyl (C=O) groups excluding carboxylic acids is 1. The van der Waals surface area contributed by atoms with Gasteiger partial charge in [0.05, 0.1) is 6.42 Å². The number of carboxylic acids is 1. The van der Waals surface area contributed by atoms with Gasteiger partial charge in [-0.1, -0.05) is 6.07 Å². The Balaban J connectivity index is 2.75. The molecule has 0 aliphatic heterocycles. The molecular weight excluding hydrogens is 218 g/mol. The minimum Gasteiger partial charge on any atom is -0.481 e. The molecule has 0 aliphatic rings. The molecule has 0 bridgehead atoms. The molecule has 0 heterocycles. The third kappa shape index (κ3) is 3.59. The van der Waals surface area contributed by atoms with Gasteiger partial charge in [-0.2, -0.15) is 0 Å². The Hall–Kier alpha value is -1.84. The molecule has 0 atom stereocenters. The highest BCUT2D eigenvalue weighted by Crippen LogP contribution is 2.15. The molecule has 4 nitrogen and oxygen atoms in total. The molecule has 17 heavy (non-hydrogen) atoms. The Labute approximate surface area is 101 Å². The predicted octanol–water partition coefficient (Wildman–Crippen LogP) is 1.82. The van der Waals surface area contributed by atoms with E-state index in [9.17, 15) is 9.59 Å². The second kappa shape index (κ2) is 5.48. The van der Waals surface area contributed by atoms with Gasteiger partial charge in [0.1, 0.15) is 0 Å². The molecule has 1 amide bonds. The van der Waals surface area contributed by atoms with E-state index in [0.717, 1.165) is 16.7 Å². The standard InChI is InChI=1S/C13H17NO3/c1-8-6-10(3)11(7-9(8)2)13(17)14-5-4-12(15)16/h6-7H,4-5H2,1-3H3,(H,14,17)(H,15,16). The first kappa shape index (κ1) is 13.2. The Kier molecular flexibility index (Phi) is 4.26. The highest BCUT2D eigenvalue weighted by molar-refractivity contribution is 5.96. The Morgan fingerprint density at radius 3 is 2.29 bits per heavy atom. The van der Waals surface area contributed by atoms with Crippen molar-refractivity contribution in [3.8, 4) is 0 Å². The monoisotopic (exact) mass is 235 g/mol. The van der Waals surface area contributed by atoms with Crippen LogP contribution in [0.1, 0.15) is 33.5 Å². The van der Waals surface area contributed by atoms with E-state index in [4.69, 9.17) is 5.11 Å². The number of aryl methyl sites for hydroxylation is 3. The summed E-state index contributed by atoms with van der Waals surface area (Å²) in [5, 5.41) is 11.1. The van der Waals surface area contributed by atoms with Crippen LogP contribution in [-0.2, 0) is 4.79 Å². The van der Waals surface area contributed by atoms with Crippen molar-refractivity contribution in [2.24, 2.45) is 0 Å². The summed E-state index contributed by atoms with van der Waals surface area (Å²) in [6.07, 6.45) is -0.0599. The van der Waals surface area contributed by atoms with E-state index >= 15 is 0 Å².